The molecule has 0 saturated carbocycles. The van der Waals surface area contributed by atoms with Crippen molar-refractivity contribution >= 4 is 33.0 Å². The molecule has 0 aliphatic carbocycles. The van der Waals surface area contributed by atoms with Crippen molar-refractivity contribution in [2.24, 2.45) is 0 Å². The molecule has 0 atom stereocenters. The van der Waals surface area contributed by atoms with Crippen LogP contribution in [-0.4, -0.2) is 14.0 Å². The lowest BCUT2D eigenvalue weighted by Gasteiger charge is -2.19. The van der Waals surface area contributed by atoms with Gasteiger partial charge in [-0.2, -0.15) is 0 Å². The second kappa shape index (κ2) is 5.88. The van der Waals surface area contributed by atoms with E-state index < -0.39 is 27.2 Å². The number of sulfonamides is 1. The lowest BCUT2D eigenvalue weighted by atomic mass is 10.1. The number of benzene rings is 1. The first-order valence-corrected chi connectivity index (χ1v) is 8.97. The second-order valence-electron chi connectivity index (χ2n) is 5.71. The number of nitrogens with one attached hydrogen (secondary N) is 1. The van der Waals surface area contributed by atoms with Crippen LogP contribution in [0.4, 0.5) is 8.78 Å². The Morgan fingerprint density at radius 1 is 1.18 bits per heavy atom. The van der Waals surface area contributed by atoms with Crippen molar-refractivity contribution in [1.82, 2.24) is 4.72 Å². The molecule has 2 rings (SSSR count). The molecular formula is C14H14ClF2NO2S2. The third-order valence-corrected chi connectivity index (χ3v) is 6.20. The standard InChI is InChI=1S/C14H14ClF2NO2S2/c1-14(2,3)18-22(19,20)11-7-9(13(15)21-11)8-5-4-6-10(16)12(8)17/h4-7,18H,1-3H3. The lowest BCUT2D eigenvalue weighted by Crippen LogP contribution is -2.40. The van der Waals surface area contributed by atoms with Crippen LogP contribution in [-0.2, 0) is 10.0 Å². The minimum atomic E-state index is -3.78. The van der Waals surface area contributed by atoms with E-state index in [1.807, 2.05) is 0 Å². The highest BCUT2D eigenvalue weighted by atomic mass is 35.5. The van der Waals surface area contributed by atoms with Crippen molar-refractivity contribution in [1.29, 1.82) is 0 Å². The molecule has 1 aromatic heterocycles. The van der Waals surface area contributed by atoms with Crippen molar-refractivity contribution in [3.63, 3.8) is 0 Å². The highest BCUT2D eigenvalue weighted by Gasteiger charge is 2.26. The van der Waals surface area contributed by atoms with Crippen molar-refractivity contribution in [2.75, 3.05) is 0 Å². The summed E-state index contributed by atoms with van der Waals surface area (Å²) in [5.74, 6) is -2.08. The Bertz CT molecular complexity index is 811. The van der Waals surface area contributed by atoms with E-state index in [0.29, 0.717) is 0 Å². The van der Waals surface area contributed by atoms with Gasteiger partial charge in [-0.15, -0.1) is 11.3 Å². The maximum Gasteiger partial charge on any atom is 0.250 e. The maximum atomic E-state index is 13.9. The van der Waals surface area contributed by atoms with Crippen molar-refractivity contribution in [3.8, 4) is 11.1 Å². The minimum Gasteiger partial charge on any atom is -0.206 e. The number of thiophene rings is 1. The van der Waals surface area contributed by atoms with Crippen LogP contribution in [0.2, 0.25) is 4.34 Å². The third-order valence-electron chi connectivity index (χ3n) is 2.61. The second-order valence-corrected chi connectivity index (χ2v) is 9.27. The van der Waals surface area contributed by atoms with Crippen LogP contribution < -0.4 is 4.72 Å². The average molecular weight is 366 g/mol. The zero-order chi connectivity index (χ0) is 16.7. The van der Waals surface area contributed by atoms with Gasteiger partial charge in [0, 0.05) is 16.7 Å². The van der Waals surface area contributed by atoms with E-state index in [1.54, 1.807) is 20.8 Å². The predicted molar refractivity (Wildman–Crippen MR) is 84.8 cm³/mol. The molecule has 0 bridgehead atoms. The summed E-state index contributed by atoms with van der Waals surface area (Å²) in [6, 6.07) is 4.92. The number of hydrogen-bond acceptors (Lipinski definition) is 3. The first kappa shape index (κ1) is 17.3. The van der Waals surface area contributed by atoms with Gasteiger partial charge in [0.25, 0.3) is 10.0 Å². The van der Waals surface area contributed by atoms with Crippen LogP contribution in [0.5, 0.6) is 0 Å². The van der Waals surface area contributed by atoms with Crippen LogP contribution in [0, 0.1) is 11.6 Å². The van der Waals surface area contributed by atoms with E-state index in [1.165, 1.54) is 18.2 Å². The zero-order valence-corrected chi connectivity index (χ0v) is 14.5. The minimum absolute atomic E-state index is 0.0499. The molecule has 0 aliphatic rings. The summed E-state index contributed by atoms with van der Waals surface area (Å²) in [7, 11) is -3.78. The van der Waals surface area contributed by atoms with Crippen LogP contribution in [0.25, 0.3) is 11.1 Å². The molecule has 22 heavy (non-hydrogen) atoms. The molecule has 0 unspecified atom stereocenters. The Hall–Kier alpha value is -1.02. The molecule has 1 heterocycles. The lowest BCUT2D eigenvalue weighted by molar-refractivity contribution is 0.492. The summed E-state index contributed by atoms with van der Waals surface area (Å²) in [5.41, 5.74) is -0.587. The molecule has 0 fully saturated rings. The highest BCUT2D eigenvalue weighted by Crippen LogP contribution is 2.39. The number of rotatable bonds is 3. The normalized spacial score (nSPS) is 12.6. The molecule has 0 saturated heterocycles. The van der Waals surface area contributed by atoms with Gasteiger partial charge >= 0.3 is 0 Å². The fourth-order valence-electron chi connectivity index (χ4n) is 1.83. The largest absolute Gasteiger partial charge is 0.250 e. The van der Waals surface area contributed by atoms with Gasteiger partial charge in [0.05, 0.1) is 0 Å². The molecule has 0 spiro atoms. The van der Waals surface area contributed by atoms with Gasteiger partial charge < -0.3 is 0 Å². The quantitative estimate of drug-likeness (QED) is 0.874. The Balaban J connectivity index is 2.52. The Morgan fingerprint density at radius 2 is 1.82 bits per heavy atom. The van der Waals surface area contributed by atoms with Crippen molar-refractivity contribution < 1.29 is 17.2 Å². The molecule has 120 valence electrons. The van der Waals surface area contributed by atoms with Crippen LogP contribution in [0.15, 0.2) is 28.5 Å². The summed E-state index contributed by atoms with van der Waals surface area (Å²) < 4.78 is 54.2. The molecule has 0 radical (unpaired) electrons. The third kappa shape index (κ3) is 3.65. The smallest absolute Gasteiger partial charge is 0.206 e. The molecule has 0 aliphatic heterocycles. The van der Waals surface area contributed by atoms with Gasteiger partial charge in [-0.25, -0.2) is 21.9 Å². The Labute approximate surface area is 137 Å². The zero-order valence-electron chi connectivity index (χ0n) is 12.1. The predicted octanol–water partition coefficient (Wildman–Crippen LogP) is 4.42. The van der Waals surface area contributed by atoms with E-state index in [2.05, 4.69) is 4.72 Å². The van der Waals surface area contributed by atoms with E-state index >= 15 is 0 Å². The number of halogens is 3. The SMILES string of the molecule is CC(C)(C)NS(=O)(=O)c1cc(-c2cccc(F)c2F)c(Cl)s1. The van der Waals surface area contributed by atoms with E-state index in [-0.39, 0.29) is 19.7 Å². The van der Waals surface area contributed by atoms with Crippen LogP contribution in [0.3, 0.4) is 0 Å². The summed E-state index contributed by atoms with van der Waals surface area (Å²) in [5, 5.41) is 0. The van der Waals surface area contributed by atoms with Gasteiger partial charge in [0.1, 0.15) is 8.55 Å². The molecule has 0 amide bonds. The van der Waals surface area contributed by atoms with E-state index in [9.17, 15) is 17.2 Å². The maximum absolute atomic E-state index is 13.9. The topological polar surface area (TPSA) is 46.2 Å². The van der Waals surface area contributed by atoms with Gasteiger partial charge in [0.15, 0.2) is 11.6 Å². The molecule has 1 aromatic carbocycles. The monoisotopic (exact) mass is 365 g/mol. The Kier molecular flexibility index (Phi) is 4.64. The summed E-state index contributed by atoms with van der Waals surface area (Å²) in [6.45, 7) is 5.10. The van der Waals surface area contributed by atoms with Gasteiger partial charge in [-0.05, 0) is 32.9 Å². The van der Waals surface area contributed by atoms with Gasteiger partial charge in [0.2, 0.25) is 0 Å². The van der Waals surface area contributed by atoms with E-state index in [4.69, 9.17) is 11.6 Å². The van der Waals surface area contributed by atoms with Crippen molar-refractivity contribution in [2.45, 2.75) is 30.5 Å². The van der Waals surface area contributed by atoms with Crippen molar-refractivity contribution in [3.05, 3.63) is 40.2 Å². The molecule has 1 N–H and O–H groups in total. The fraction of sp³-hybridized carbons (Fsp3) is 0.286. The first-order chi connectivity index (χ1) is 10.0. The summed E-state index contributed by atoms with van der Waals surface area (Å²) in [4.78, 5) is 0. The average Bonchev–Trinajstić information content (AvgIpc) is 2.73. The van der Waals surface area contributed by atoms with Crippen LogP contribution >= 0.6 is 22.9 Å². The summed E-state index contributed by atoms with van der Waals surface area (Å²) >= 11 is 6.82. The van der Waals surface area contributed by atoms with Crippen LogP contribution in [0.1, 0.15) is 20.8 Å². The van der Waals surface area contributed by atoms with E-state index in [0.717, 1.165) is 17.4 Å². The fourth-order valence-corrected chi connectivity index (χ4v) is 5.00. The molecular weight excluding hydrogens is 352 g/mol. The Morgan fingerprint density at radius 3 is 2.41 bits per heavy atom. The molecule has 3 nitrogen and oxygen atoms in total. The number of hydrogen-bond donors (Lipinski definition) is 1. The van der Waals surface area contributed by atoms with Gasteiger partial charge in [-0.1, -0.05) is 23.7 Å². The molecule has 8 heteroatoms. The highest BCUT2D eigenvalue weighted by molar-refractivity contribution is 7.91. The van der Waals surface area contributed by atoms with Gasteiger partial charge in [-0.3, -0.25) is 0 Å². The summed E-state index contributed by atoms with van der Waals surface area (Å²) in [6.07, 6.45) is 0. The molecule has 2 aromatic rings. The first-order valence-electron chi connectivity index (χ1n) is 6.29.